The molecule has 0 saturated heterocycles. The second kappa shape index (κ2) is 7.50. The Balaban J connectivity index is 2.03. The molecule has 0 heterocycles. The van der Waals surface area contributed by atoms with Crippen LogP contribution in [-0.4, -0.2) is 17.8 Å². The van der Waals surface area contributed by atoms with Crippen LogP contribution in [0.15, 0.2) is 53.4 Å². The summed E-state index contributed by atoms with van der Waals surface area (Å²) < 4.78 is 50.0. The van der Waals surface area contributed by atoms with Crippen molar-refractivity contribution >= 4 is 23.4 Å². The maximum absolute atomic E-state index is 13.1. The lowest BCUT2D eigenvalue weighted by molar-refractivity contribution is -0.115. The van der Waals surface area contributed by atoms with Gasteiger partial charge in [-0.15, -0.1) is 11.8 Å². The van der Waals surface area contributed by atoms with Gasteiger partial charge in [0.05, 0.1) is 17.9 Å². The van der Waals surface area contributed by atoms with E-state index in [1.807, 2.05) is 0 Å². The zero-order chi connectivity index (χ0) is 16.9. The van der Waals surface area contributed by atoms with Crippen LogP contribution in [0.4, 0.5) is 23.2 Å². The van der Waals surface area contributed by atoms with Crippen LogP contribution in [0.2, 0.25) is 0 Å². The summed E-state index contributed by atoms with van der Waals surface area (Å²) in [4.78, 5) is 12.3. The van der Waals surface area contributed by atoms with Gasteiger partial charge in [0.15, 0.2) is 0 Å². The Bertz CT molecular complexity index is 688. The van der Waals surface area contributed by atoms with Crippen LogP contribution in [-0.2, 0) is 11.2 Å². The van der Waals surface area contributed by atoms with Gasteiger partial charge in [0.1, 0.15) is 5.82 Å². The molecule has 2 aromatic carbocycles. The molecule has 0 radical (unpaired) electrons. The topological polar surface area (TPSA) is 29.1 Å². The van der Waals surface area contributed by atoms with Crippen molar-refractivity contribution in [2.45, 2.75) is 17.5 Å². The molecular weight excluding hydrogens is 330 g/mol. The molecule has 0 spiro atoms. The molecule has 0 bridgehead atoms. The van der Waals surface area contributed by atoms with Crippen molar-refractivity contribution < 1.29 is 22.4 Å². The summed E-state index contributed by atoms with van der Waals surface area (Å²) in [6, 6.07) is 11.9. The van der Waals surface area contributed by atoms with E-state index in [9.17, 15) is 22.4 Å². The smallest absolute Gasteiger partial charge is 0.325 e. The molecule has 2 aromatic rings. The highest BCUT2D eigenvalue weighted by atomic mass is 32.2. The number of hydrogen-bond donors (Lipinski definition) is 1. The predicted molar refractivity (Wildman–Crippen MR) is 82.0 cm³/mol. The molecule has 0 atom stereocenters. The molecule has 0 aromatic heterocycles. The molecule has 2 rings (SSSR count). The fourth-order valence-corrected chi connectivity index (χ4v) is 2.65. The summed E-state index contributed by atoms with van der Waals surface area (Å²) in [5.41, 5.74) is 0.797. The molecular formula is C16H13F4NOS. The average Bonchev–Trinajstić information content (AvgIpc) is 2.45. The van der Waals surface area contributed by atoms with Crippen molar-refractivity contribution in [2.24, 2.45) is 0 Å². The van der Waals surface area contributed by atoms with Gasteiger partial charge in [-0.1, -0.05) is 24.3 Å². The van der Waals surface area contributed by atoms with Crippen molar-refractivity contribution in [1.82, 2.24) is 0 Å². The molecule has 2 nitrogen and oxygen atoms in total. The lowest BCUT2D eigenvalue weighted by Gasteiger charge is -2.12. The second-order valence-corrected chi connectivity index (χ2v) is 5.77. The minimum Gasteiger partial charge on any atom is -0.325 e. The van der Waals surface area contributed by atoms with E-state index in [-0.39, 0.29) is 6.42 Å². The lowest BCUT2D eigenvalue weighted by Crippen LogP contribution is -2.15. The molecule has 0 aliphatic rings. The van der Waals surface area contributed by atoms with E-state index in [1.54, 1.807) is 18.2 Å². The minimum atomic E-state index is -4.29. The number of carbonyl (C=O) groups excluding carboxylic acids is 1. The third kappa shape index (κ3) is 5.94. The van der Waals surface area contributed by atoms with E-state index in [4.69, 9.17) is 0 Å². The van der Waals surface area contributed by atoms with Crippen LogP contribution in [0.5, 0.6) is 0 Å². The first-order valence-corrected chi connectivity index (χ1v) is 7.65. The number of hydrogen-bond acceptors (Lipinski definition) is 2. The van der Waals surface area contributed by atoms with Gasteiger partial charge in [-0.05, 0) is 29.8 Å². The number of benzene rings is 2. The van der Waals surface area contributed by atoms with Crippen molar-refractivity contribution in [3.63, 3.8) is 0 Å². The Hall–Kier alpha value is -2.02. The summed E-state index contributed by atoms with van der Waals surface area (Å²) in [7, 11) is 0. The molecule has 0 saturated carbocycles. The molecule has 122 valence electrons. The standard InChI is InChI=1S/C16H13F4NOS/c17-12-5-3-4-11(8-12)9-15(22)21-13-6-1-2-7-14(13)23-10-16(18,19)20/h1-8H,9-10H2,(H,21,22). The fraction of sp³-hybridized carbons (Fsp3) is 0.188. The molecule has 0 aliphatic heterocycles. The number of anilines is 1. The van der Waals surface area contributed by atoms with E-state index in [0.29, 0.717) is 27.9 Å². The first-order valence-electron chi connectivity index (χ1n) is 6.66. The van der Waals surface area contributed by atoms with Gasteiger partial charge >= 0.3 is 6.18 Å². The normalized spacial score (nSPS) is 11.3. The number of halogens is 4. The highest BCUT2D eigenvalue weighted by Crippen LogP contribution is 2.32. The highest BCUT2D eigenvalue weighted by molar-refractivity contribution is 7.99. The van der Waals surface area contributed by atoms with Crippen LogP contribution in [0.3, 0.4) is 0 Å². The number of carbonyl (C=O) groups is 1. The lowest BCUT2D eigenvalue weighted by atomic mass is 10.1. The molecule has 1 N–H and O–H groups in total. The number of para-hydroxylation sites is 1. The Morgan fingerprint density at radius 2 is 1.83 bits per heavy atom. The van der Waals surface area contributed by atoms with Gasteiger partial charge < -0.3 is 5.32 Å². The SMILES string of the molecule is O=C(Cc1cccc(F)c1)Nc1ccccc1SCC(F)(F)F. The van der Waals surface area contributed by atoms with Crippen molar-refractivity contribution in [1.29, 1.82) is 0 Å². The maximum Gasteiger partial charge on any atom is 0.398 e. The molecule has 0 aliphatic carbocycles. The van der Waals surface area contributed by atoms with Gasteiger partial charge in [0.2, 0.25) is 5.91 Å². The number of alkyl halides is 3. The largest absolute Gasteiger partial charge is 0.398 e. The number of nitrogens with one attached hydrogen (secondary N) is 1. The van der Waals surface area contributed by atoms with Gasteiger partial charge in [0.25, 0.3) is 0 Å². The minimum absolute atomic E-state index is 0.0595. The molecule has 0 fully saturated rings. The maximum atomic E-state index is 13.1. The Morgan fingerprint density at radius 1 is 1.09 bits per heavy atom. The zero-order valence-electron chi connectivity index (χ0n) is 11.9. The van der Waals surface area contributed by atoms with E-state index >= 15 is 0 Å². The van der Waals surface area contributed by atoms with Crippen LogP contribution in [0.1, 0.15) is 5.56 Å². The number of amides is 1. The van der Waals surface area contributed by atoms with Crippen molar-refractivity contribution in [3.05, 3.63) is 59.9 Å². The van der Waals surface area contributed by atoms with Crippen molar-refractivity contribution in [3.8, 4) is 0 Å². The molecule has 23 heavy (non-hydrogen) atoms. The number of rotatable bonds is 5. The van der Waals surface area contributed by atoms with Crippen molar-refractivity contribution in [2.75, 3.05) is 11.1 Å². The molecule has 1 amide bonds. The van der Waals surface area contributed by atoms with Crippen LogP contribution in [0, 0.1) is 5.82 Å². The molecule has 7 heteroatoms. The Kier molecular flexibility index (Phi) is 5.65. The Labute approximate surface area is 134 Å². The summed E-state index contributed by atoms with van der Waals surface area (Å²) in [5.74, 6) is -1.91. The summed E-state index contributed by atoms with van der Waals surface area (Å²) >= 11 is 0.605. The van der Waals surface area contributed by atoms with E-state index < -0.39 is 23.7 Å². The van der Waals surface area contributed by atoms with Crippen LogP contribution < -0.4 is 5.32 Å². The van der Waals surface area contributed by atoms with Crippen LogP contribution in [0.25, 0.3) is 0 Å². The molecule has 0 unspecified atom stereocenters. The highest BCUT2D eigenvalue weighted by Gasteiger charge is 2.27. The van der Waals surface area contributed by atoms with Gasteiger partial charge in [0, 0.05) is 4.90 Å². The summed E-state index contributed by atoms with van der Waals surface area (Å²) in [6.07, 6.45) is -4.35. The third-order valence-electron chi connectivity index (χ3n) is 2.81. The van der Waals surface area contributed by atoms with Crippen LogP contribution >= 0.6 is 11.8 Å². The van der Waals surface area contributed by atoms with E-state index in [0.717, 1.165) is 0 Å². The van der Waals surface area contributed by atoms with E-state index in [2.05, 4.69) is 5.32 Å². The van der Waals surface area contributed by atoms with Gasteiger partial charge in [-0.3, -0.25) is 4.79 Å². The Morgan fingerprint density at radius 3 is 2.52 bits per heavy atom. The average molecular weight is 343 g/mol. The monoisotopic (exact) mass is 343 g/mol. The number of thioether (sulfide) groups is 1. The first-order chi connectivity index (χ1) is 10.8. The predicted octanol–water partition coefficient (Wildman–Crippen LogP) is 4.66. The fourth-order valence-electron chi connectivity index (χ4n) is 1.88. The quantitative estimate of drug-likeness (QED) is 0.632. The second-order valence-electron chi connectivity index (χ2n) is 4.75. The first kappa shape index (κ1) is 17.3. The van der Waals surface area contributed by atoms with Gasteiger partial charge in [-0.25, -0.2) is 4.39 Å². The summed E-state index contributed by atoms with van der Waals surface area (Å²) in [5, 5.41) is 2.57. The summed E-state index contributed by atoms with van der Waals surface area (Å²) in [6.45, 7) is 0. The van der Waals surface area contributed by atoms with Gasteiger partial charge in [-0.2, -0.15) is 13.2 Å². The zero-order valence-corrected chi connectivity index (χ0v) is 12.7. The van der Waals surface area contributed by atoms with E-state index in [1.165, 1.54) is 30.3 Å². The third-order valence-corrected chi connectivity index (χ3v) is 3.94.